The van der Waals surface area contributed by atoms with Crippen LogP contribution in [0.4, 0.5) is 0 Å². The molecular formula is C17H30N2O3Si. The van der Waals surface area contributed by atoms with Gasteiger partial charge in [0.1, 0.15) is 0 Å². The SMILES string of the molecule is C=Cc1ccccc1CNC(C)C(CN)C[Si](OC)(OC)OC. The van der Waals surface area contributed by atoms with Crippen LogP contribution in [0.1, 0.15) is 18.1 Å². The van der Waals surface area contributed by atoms with Crippen LogP contribution in [0.5, 0.6) is 0 Å². The number of benzene rings is 1. The molecule has 1 aromatic rings. The monoisotopic (exact) mass is 338 g/mol. The highest BCUT2D eigenvalue weighted by molar-refractivity contribution is 6.60. The molecule has 0 saturated carbocycles. The first-order chi connectivity index (χ1) is 11.1. The van der Waals surface area contributed by atoms with Crippen molar-refractivity contribution < 1.29 is 13.3 Å². The minimum Gasteiger partial charge on any atom is -0.377 e. The Labute approximate surface area is 141 Å². The van der Waals surface area contributed by atoms with Crippen LogP contribution in [0.15, 0.2) is 30.8 Å². The number of rotatable bonds is 11. The Kier molecular flexibility index (Phi) is 8.68. The van der Waals surface area contributed by atoms with Gasteiger partial charge in [-0.25, -0.2) is 0 Å². The summed E-state index contributed by atoms with van der Waals surface area (Å²) in [6.07, 6.45) is 1.88. The van der Waals surface area contributed by atoms with Crippen LogP contribution in [-0.4, -0.2) is 42.7 Å². The van der Waals surface area contributed by atoms with E-state index in [4.69, 9.17) is 19.0 Å². The molecule has 0 aliphatic carbocycles. The second-order valence-corrected chi connectivity index (χ2v) is 8.57. The zero-order valence-electron chi connectivity index (χ0n) is 14.7. The molecule has 1 rings (SSSR count). The highest BCUT2D eigenvalue weighted by Gasteiger charge is 2.41. The van der Waals surface area contributed by atoms with Gasteiger partial charge in [0.25, 0.3) is 0 Å². The molecule has 2 atom stereocenters. The fourth-order valence-corrected chi connectivity index (χ4v) is 4.78. The molecule has 1 aromatic carbocycles. The first kappa shape index (κ1) is 20.0. The highest BCUT2D eigenvalue weighted by Crippen LogP contribution is 2.22. The minimum absolute atomic E-state index is 0.206. The molecule has 0 fully saturated rings. The van der Waals surface area contributed by atoms with E-state index in [1.54, 1.807) is 21.3 Å². The van der Waals surface area contributed by atoms with Crippen LogP contribution in [-0.2, 0) is 19.8 Å². The lowest BCUT2D eigenvalue weighted by molar-refractivity contribution is 0.116. The minimum atomic E-state index is -2.63. The summed E-state index contributed by atoms with van der Waals surface area (Å²) in [5.74, 6) is 0.206. The third-order valence-electron chi connectivity index (χ3n) is 4.34. The third-order valence-corrected chi connectivity index (χ3v) is 7.23. The summed E-state index contributed by atoms with van der Waals surface area (Å²) in [4.78, 5) is 0. The molecule has 0 aliphatic heterocycles. The van der Waals surface area contributed by atoms with Gasteiger partial charge in [-0.05, 0) is 30.5 Å². The first-order valence-electron chi connectivity index (χ1n) is 7.85. The molecule has 2 unspecified atom stereocenters. The van der Waals surface area contributed by atoms with Crippen molar-refractivity contribution in [3.8, 4) is 0 Å². The average molecular weight is 339 g/mol. The fourth-order valence-electron chi connectivity index (χ4n) is 2.62. The normalized spacial score (nSPS) is 14.5. The van der Waals surface area contributed by atoms with Crippen LogP contribution in [0.2, 0.25) is 6.04 Å². The predicted molar refractivity (Wildman–Crippen MR) is 97.0 cm³/mol. The highest BCUT2D eigenvalue weighted by atomic mass is 28.4. The summed E-state index contributed by atoms with van der Waals surface area (Å²) in [5.41, 5.74) is 8.33. The standard InChI is InChI=1S/C17H30N2O3Si/c1-6-15-9-7-8-10-16(15)12-19-14(2)17(11-18)13-23(20-3,21-4)22-5/h6-10,14,17,19H,1,11-13,18H2,2-5H3. The average Bonchev–Trinajstić information content (AvgIpc) is 2.61. The van der Waals surface area contributed by atoms with Gasteiger partial charge < -0.3 is 24.3 Å². The summed E-state index contributed by atoms with van der Waals surface area (Å²) in [6.45, 7) is 7.30. The van der Waals surface area contributed by atoms with Crippen LogP contribution in [0.3, 0.4) is 0 Å². The van der Waals surface area contributed by atoms with Gasteiger partial charge >= 0.3 is 8.80 Å². The van der Waals surface area contributed by atoms with E-state index in [0.717, 1.165) is 12.1 Å². The Morgan fingerprint density at radius 2 is 1.83 bits per heavy atom. The van der Waals surface area contributed by atoms with E-state index in [0.29, 0.717) is 12.6 Å². The van der Waals surface area contributed by atoms with Crippen molar-refractivity contribution in [3.05, 3.63) is 42.0 Å². The lowest BCUT2D eigenvalue weighted by atomic mass is 10.0. The maximum atomic E-state index is 5.97. The second-order valence-electron chi connectivity index (χ2n) is 5.57. The lowest BCUT2D eigenvalue weighted by Gasteiger charge is -2.31. The zero-order valence-corrected chi connectivity index (χ0v) is 15.7. The van der Waals surface area contributed by atoms with Crippen molar-refractivity contribution in [1.29, 1.82) is 0 Å². The largest absolute Gasteiger partial charge is 0.500 e. The predicted octanol–water partition coefficient (Wildman–Crippen LogP) is 2.26. The van der Waals surface area contributed by atoms with Crippen LogP contribution in [0, 0.1) is 5.92 Å². The molecule has 0 aromatic heterocycles. The molecule has 5 nitrogen and oxygen atoms in total. The van der Waals surface area contributed by atoms with Gasteiger partial charge in [0.2, 0.25) is 0 Å². The van der Waals surface area contributed by atoms with E-state index in [2.05, 4.69) is 31.0 Å². The molecule has 0 aliphatic rings. The maximum Gasteiger partial charge on any atom is 0.500 e. The second kappa shape index (κ2) is 9.97. The zero-order chi connectivity index (χ0) is 17.3. The van der Waals surface area contributed by atoms with Crippen molar-refractivity contribution >= 4 is 14.9 Å². The Bertz CT molecular complexity index is 472. The van der Waals surface area contributed by atoms with Gasteiger partial charge in [0.05, 0.1) is 0 Å². The number of nitrogens with one attached hydrogen (secondary N) is 1. The number of hydrogen-bond donors (Lipinski definition) is 2. The van der Waals surface area contributed by atoms with Gasteiger partial charge in [-0.1, -0.05) is 36.9 Å². The van der Waals surface area contributed by atoms with Crippen LogP contribution >= 0.6 is 0 Å². The van der Waals surface area contributed by atoms with Gasteiger partial charge in [0, 0.05) is 40.0 Å². The number of nitrogens with two attached hydrogens (primary N) is 1. The van der Waals surface area contributed by atoms with E-state index >= 15 is 0 Å². The summed E-state index contributed by atoms with van der Waals surface area (Å²) in [7, 11) is 2.26. The molecule has 23 heavy (non-hydrogen) atoms. The maximum absolute atomic E-state index is 5.97. The van der Waals surface area contributed by atoms with Crippen LogP contribution < -0.4 is 11.1 Å². The number of hydrogen-bond acceptors (Lipinski definition) is 5. The molecule has 0 spiro atoms. The smallest absolute Gasteiger partial charge is 0.377 e. The van der Waals surface area contributed by atoms with Crippen molar-refractivity contribution in [3.63, 3.8) is 0 Å². The summed E-state index contributed by atoms with van der Waals surface area (Å²) in [5, 5.41) is 3.55. The molecule has 0 radical (unpaired) electrons. The Morgan fingerprint density at radius 1 is 1.22 bits per heavy atom. The van der Waals surface area contributed by atoms with E-state index < -0.39 is 8.80 Å². The Balaban J connectivity index is 2.70. The molecule has 0 amide bonds. The fraction of sp³-hybridized carbons (Fsp3) is 0.529. The van der Waals surface area contributed by atoms with Gasteiger partial charge in [-0.2, -0.15) is 0 Å². The van der Waals surface area contributed by atoms with Crippen molar-refractivity contribution in [2.45, 2.75) is 25.6 Å². The van der Waals surface area contributed by atoms with Crippen molar-refractivity contribution in [2.24, 2.45) is 11.7 Å². The van der Waals surface area contributed by atoms with E-state index in [9.17, 15) is 0 Å². The van der Waals surface area contributed by atoms with Crippen LogP contribution in [0.25, 0.3) is 6.08 Å². The lowest BCUT2D eigenvalue weighted by Crippen LogP contribution is -2.49. The Hall–Kier alpha value is -1.02. The molecular weight excluding hydrogens is 308 g/mol. The molecule has 3 N–H and O–H groups in total. The van der Waals surface area contributed by atoms with E-state index in [1.165, 1.54) is 5.56 Å². The van der Waals surface area contributed by atoms with Gasteiger partial charge in [-0.15, -0.1) is 0 Å². The van der Waals surface area contributed by atoms with E-state index in [-0.39, 0.29) is 12.0 Å². The molecule has 0 heterocycles. The quantitative estimate of drug-likeness (QED) is 0.606. The summed E-state index contributed by atoms with van der Waals surface area (Å²) < 4.78 is 16.5. The summed E-state index contributed by atoms with van der Waals surface area (Å²) in [6, 6.07) is 9.12. The van der Waals surface area contributed by atoms with Gasteiger partial charge in [0.15, 0.2) is 0 Å². The first-order valence-corrected chi connectivity index (χ1v) is 9.78. The van der Waals surface area contributed by atoms with Crippen molar-refractivity contribution in [1.82, 2.24) is 5.32 Å². The molecule has 0 saturated heterocycles. The molecule has 130 valence electrons. The molecule has 6 heteroatoms. The van der Waals surface area contributed by atoms with Gasteiger partial charge in [-0.3, -0.25) is 0 Å². The summed E-state index contributed by atoms with van der Waals surface area (Å²) >= 11 is 0. The topological polar surface area (TPSA) is 65.7 Å². The van der Waals surface area contributed by atoms with Crippen molar-refractivity contribution in [2.75, 3.05) is 27.9 Å². The third kappa shape index (κ3) is 5.52. The van der Waals surface area contributed by atoms with E-state index in [1.807, 2.05) is 18.2 Å². The molecule has 0 bridgehead atoms. The Morgan fingerprint density at radius 3 is 2.35 bits per heavy atom.